The molecule has 1 amide bonds. The maximum absolute atomic E-state index is 12.1. The van der Waals surface area contributed by atoms with Crippen LogP contribution < -0.4 is 5.32 Å². The smallest absolute Gasteiger partial charge is 0.234 e. The van der Waals surface area contributed by atoms with E-state index in [0.717, 1.165) is 16.6 Å². The Bertz CT molecular complexity index is 868. The van der Waals surface area contributed by atoms with Crippen molar-refractivity contribution in [1.29, 1.82) is 0 Å². The predicted molar refractivity (Wildman–Crippen MR) is 90.4 cm³/mol. The van der Waals surface area contributed by atoms with Gasteiger partial charge in [0.15, 0.2) is 5.65 Å². The molecule has 7 heteroatoms. The first kappa shape index (κ1) is 15.4. The van der Waals surface area contributed by atoms with Gasteiger partial charge in [-0.1, -0.05) is 23.9 Å². The third kappa shape index (κ3) is 3.81. The minimum absolute atomic E-state index is 0.0830. The number of benzene rings is 1. The fraction of sp³-hybridized carbons (Fsp3) is 0.188. The molecule has 0 bridgehead atoms. The maximum atomic E-state index is 12.1. The molecule has 3 aromatic rings. The number of anilines is 1. The summed E-state index contributed by atoms with van der Waals surface area (Å²) in [6, 6.07) is 7.70. The van der Waals surface area contributed by atoms with Crippen molar-refractivity contribution in [3.63, 3.8) is 0 Å². The number of carbonyl (C=O) groups is 1. The van der Waals surface area contributed by atoms with E-state index >= 15 is 0 Å². The Balaban J connectivity index is 1.69. The second kappa shape index (κ2) is 6.70. The van der Waals surface area contributed by atoms with Gasteiger partial charge in [-0.3, -0.25) is 4.79 Å². The van der Waals surface area contributed by atoms with E-state index in [-0.39, 0.29) is 11.7 Å². The number of nitrogens with one attached hydrogen (secondary N) is 1. The highest BCUT2D eigenvalue weighted by molar-refractivity contribution is 8.00. The predicted octanol–water partition coefficient (Wildman–Crippen LogP) is 2.77. The second-order valence-corrected chi connectivity index (χ2v) is 6.00. The Morgan fingerprint density at radius 1 is 1.22 bits per heavy atom. The minimum atomic E-state index is -0.0830. The number of carbonyl (C=O) groups excluding carboxylic acids is 1. The number of nitrogens with zero attached hydrogens (tertiary/aromatic N) is 4. The Kier molecular flexibility index (Phi) is 4.47. The molecule has 116 valence electrons. The van der Waals surface area contributed by atoms with Gasteiger partial charge in [0.1, 0.15) is 17.2 Å². The van der Waals surface area contributed by atoms with E-state index in [1.54, 1.807) is 6.20 Å². The lowest BCUT2D eigenvalue weighted by Crippen LogP contribution is -2.14. The molecule has 3 rings (SSSR count). The highest BCUT2D eigenvalue weighted by Gasteiger charge is 2.09. The van der Waals surface area contributed by atoms with Crippen molar-refractivity contribution in [3.05, 3.63) is 48.2 Å². The lowest BCUT2D eigenvalue weighted by molar-refractivity contribution is -0.113. The van der Waals surface area contributed by atoms with Crippen molar-refractivity contribution >= 4 is 34.4 Å². The zero-order valence-corrected chi connectivity index (χ0v) is 13.6. The van der Waals surface area contributed by atoms with Crippen LogP contribution >= 0.6 is 11.8 Å². The summed E-state index contributed by atoms with van der Waals surface area (Å²) in [4.78, 5) is 28.9. The van der Waals surface area contributed by atoms with Crippen molar-refractivity contribution in [1.82, 2.24) is 19.9 Å². The largest absolute Gasteiger partial charge is 0.325 e. The summed E-state index contributed by atoms with van der Waals surface area (Å²) in [5.74, 6) is 0.832. The zero-order valence-electron chi connectivity index (χ0n) is 12.8. The Hall–Kier alpha value is -2.54. The number of aryl methyl sites for hydroxylation is 2. The molecule has 0 atom stereocenters. The van der Waals surface area contributed by atoms with E-state index < -0.39 is 0 Å². The van der Waals surface area contributed by atoms with Gasteiger partial charge in [0.2, 0.25) is 5.91 Å². The van der Waals surface area contributed by atoms with Crippen LogP contribution in [0.3, 0.4) is 0 Å². The summed E-state index contributed by atoms with van der Waals surface area (Å²) in [6.45, 7) is 3.79. The molecule has 1 aromatic carbocycles. The number of amides is 1. The van der Waals surface area contributed by atoms with Gasteiger partial charge in [0.05, 0.1) is 11.1 Å². The number of aromatic nitrogens is 4. The molecule has 0 unspecified atom stereocenters. The standard InChI is InChI=1S/C16H15N5OS/c1-10-4-3-5-12(6-10)21-14(22)8-23-16-13-7-17-11(2)20-15(13)18-9-19-16/h3-7,9H,8H2,1-2H3,(H,21,22). The summed E-state index contributed by atoms with van der Waals surface area (Å²) < 4.78 is 0. The van der Waals surface area contributed by atoms with Gasteiger partial charge in [-0.05, 0) is 31.5 Å². The van der Waals surface area contributed by atoms with E-state index in [4.69, 9.17) is 0 Å². The van der Waals surface area contributed by atoms with E-state index in [2.05, 4.69) is 25.3 Å². The Morgan fingerprint density at radius 3 is 2.91 bits per heavy atom. The van der Waals surface area contributed by atoms with E-state index in [9.17, 15) is 4.79 Å². The van der Waals surface area contributed by atoms with E-state index in [1.165, 1.54) is 18.1 Å². The molecular formula is C16H15N5OS. The van der Waals surface area contributed by atoms with Crippen LogP contribution in [0, 0.1) is 13.8 Å². The first-order chi connectivity index (χ1) is 11.1. The van der Waals surface area contributed by atoms with Gasteiger partial charge in [0, 0.05) is 11.9 Å². The fourth-order valence-electron chi connectivity index (χ4n) is 2.08. The van der Waals surface area contributed by atoms with Crippen LogP contribution in [0.4, 0.5) is 5.69 Å². The summed E-state index contributed by atoms with van der Waals surface area (Å²) >= 11 is 1.34. The number of hydrogen-bond donors (Lipinski definition) is 1. The third-order valence-corrected chi connectivity index (χ3v) is 4.12. The lowest BCUT2D eigenvalue weighted by atomic mass is 10.2. The third-order valence-electron chi connectivity index (χ3n) is 3.12. The van der Waals surface area contributed by atoms with E-state index in [1.807, 2.05) is 38.1 Å². The Morgan fingerprint density at radius 2 is 2.09 bits per heavy atom. The molecule has 6 nitrogen and oxygen atoms in total. The molecule has 0 aliphatic heterocycles. The number of fused-ring (bicyclic) bond motifs is 1. The number of rotatable bonds is 4. The van der Waals surface area contributed by atoms with Crippen LogP contribution in [0.5, 0.6) is 0 Å². The molecule has 0 aliphatic carbocycles. The SMILES string of the molecule is Cc1cccc(NC(=O)CSc2ncnc3nc(C)ncc23)c1. The fourth-order valence-corrected chi connectivity index (χ4v) is 2.84. The summed E-state index contributed by atoms with van der Waals surface area (Å²) in [6.07, 6.45) is 3.15. The molecule has 0 spiro atoms. The van der Waals surface area contributed by atoms with Crippen LogP contribution in [0.1, 0.15) is 11.4 Å². The van der Waals surface area contributed by atoms with Crippen molar-refractivity contribution in [3.8, 4) is 0 Å². The number of thioether (sulfide) groups is 1. The van der Waals surface area contributed by atoms with Crippen LogP contribution in [-0.2, 0) is 4.79 Å². The molecule has 0 saturated heterocycles. The average Bonchev–Trinajstić information content (AvgIpc) is 2.52. The quantitative estimate of drug-likeness (QED) is 0.587. The van der Waals surface area contributed by atoms with Crippen LogP contribution in [-0.4, -0.2) is 31.6 Å². The monoisotopic (exact) mass is 325 g/mol. The normalized spacial score (nSPS) is 10.7. The average molecular weight is 325 g/mol. The van der Waals surface area contributed by atoms with Crippen molar-refractivity contribution in [2.45, 2.75) is 18.9 Å². The highest BCUT2D eigenvalue weighted by atomic mass is 32.2. The molecule has 2 aromatic heterocycles. The first-order valence-corrected chi connectivity index (χ1v) is 8.04. The summed E-state index contributed by atoms with van der Waals surface area (Å²) in [7, 11) is 0. The maximum Gasteiger partial charge on any atom is 0.234 e. The summed E-state index contributed by atoms with van der Waals surface area (Å²) in [5.41, 5.74) is 2.49. The van der Waals surface area contributed by atoms with Gasteiger partial charge in [-0.25, -0.2) is 19.9 Å². The molecule has 0 radical (unpaired) electrons. The van der Waals surface area contributed by atoms with Crippen molar-refractivity contribution in [2.75, 3.05) is 11.1 Å². The van der Waals surface area contributed by atoms with Gasteiger partial charge in [-0.15, -0.1) is 0 Å². The van der Waals surface area contributed by atoms with Gasteiger partial charge in [-0.2, -0.15) is 0 Å². The Labute approximate surface area is 137 Å². The molecular weight excluding hydrogens is 310 g/mol. The zero-order chi connectivity index (χ0) is 16.2. The first-order valence-electron chi connectivity index (χ1n) is 7.05. The number of hydrogen-bond acceptors (Lipinski definition) is 6. The minimum Gasteiger partial charge on any atom is -0.325 e. The molecule has 23 heavy (non-hydrogen) atoms. The van der Waals surface area contributed by atoms with Gasteiger partial charge >= 0.3 is 0 Å². The molecule has 2 heterocycles. The van der Waals surface area contributed by atoms with Crippen LogP contribution in [0.25, 0.3) is 11.0 Å². The molecule has 0 fully saturated rings. The second-order valence-electron chi connectivity index (χ2n) is 5.04. The van der Waals surface area contributed by atoms with Crippen molar-refractivity contribution < 1.29 is 4.79 Å². The van der Waals surface area contributed by atoms with Gasteiger partial charge < -0.3 is 5.32 Å². The van der Waals surface area contributed by atoms with Crippen molar-refractivity contribution in [2.24, 2.45) is 0 Å². The topological polar surface area (TPSA) is 80.7 Å². The molecule has 1 N–H and O–H groups in total. The van der Waals surface area contributed by atoms with Crippen LogP contribution in [0.15, 0.2) is 41.8 Å². The molecule has 0 saturated carbocycles. The molecule has 0 aliphatic rings. The summed E-state index contributed by atoms with van der Waals surface area (Å²) in [5, 5.41) is 4.33. The highest BCUT2D eigenvalue weighted by Crippen LogP contribution is 2.23. The lowest BCUT2D eigenvalue weighted by Gasteiger charge is -2.06. The van der Waals surface area contributed by atoms with Crippen LogP contribution in [0.2, 0.25) is 0 Å². The van der Waals surface area contributed by atoms with E-state index in [0.29, 0.717) is 16.5 Å². The van der Waals surface area contributed by atoms with Gasteiger partial charge in [0.25, 0.3) is 0 Å².